The number of rotatable bonds is 24. The van der Waals surface area contributed by atoms with E-state index in [1.54, 1.807) is 144 Å². The molecule has 0 radical (unpaired) electrons. The molecule has 7 heterocycles. The molecule has 0 N–H and O–H groups in total. The van der Waals surface area contributed by atoms with Gasteiger partial charge in [-0.25, -0.2) is 28.4 Å². The number of nitrogens with zero attached hydrogens (tertiary/aromatic N) is 18. The highest BCUT2D eigenvalue weighted by atomic mass is 16.5. The van der Waals surface area contributed by atoms with E-state index in [9.17, 15) is 43.2 Å². The predicted octanol–water partition coefficient (Wildman–Crippen LogP) is 4.63. The van der Waals surface area contributed by atoms with Crippen molar-refractivity contribution in [2.45, 2.75) is 79.9 Å². The van der Waals surface area contributed by atoms with E-state index in [4.69, 9.17) is 14.2 Å². The van der Waals surface area contributed by atoms with Crippen molar-refractivity contribution in [2.24, 2.45) is 0 Å². The highest BCUT2D eigenvalue weighted by molar-refractivity contribution is 5.97. The van der Waals surface area contributed by atoms with Gasteiger partial charge in [0, 0.05) is 52.0 Å². The summed E-state index contributed by atoms with van der Waals surface area (Å²) in [4.78, 5) is 133. The lowest BCUT2D eigenvalue weighted by Crippen LogP contribution is -2.44. The van der Waals surface area contributed by atoms with Crippen LogP contribution in [0.1, 0.15) is 98.2 Å². The van der Waals surface area contributed by atoms with E-state index in [1.165, 1.54) is 32.3 Å². The first kappa shape index (κ1) is 66.8. The molecule has 13 rings (SSSR count). The van der Waals surface area contributed by atoms with Crippen LogP contribution in [0.15, 0.2) is 230 Å². The van der Waals surface area contributed by atoms with E-state index in [2.05, 4.69) is 45.9 Å². The number of carbonyl (C=O) groups excluding carboxylic acids is 3. The molecule has 13 aromatic rings. The first-order chi connectivity index (χ1) is 49.4. The number of ether oxygens (including phenoxy) is 3. The van der Waals surface area contributed by atoms with Gasteiger partial charge in [0.15, 0.2) is 0 Å². The zero-order chi connectivity index (χ0) is 71.0. The highest BCUT2D eigenvalue weighted by Crippen LogP contribution is 2.20. The van der Waals surface area contributed by atoms with Gasteiger partial charge in [0.05, 0.1) is 57.9 Å². The van der Waals surface area contributed by atoms with Crippen LogP contribution in [0.5, 0.6) is 18.0 Å². The van der Waals surface area contributed by atoms with Gasteiger partial charge in [-0.05, 0) is 90.6 Å². The molecular formula is C72H60N18O12. The van der Waals surface area contributed by atoms with Crippen LogP contribution in [0, 0.1) is 20.8 Å². The lowest BCUT2D eigenvalue weighted by molar-refractivity contribution is 0.0940. The molecule has 0 aliphatic rings. The Balaban J connectivity index is 0.662. The predicted molar refractivity (Wildman–Crippen MR) is 364 cm³/mol. The van der Waals surface area contributed by atoms with Crippen molar-refractivity contribution in [1.82, 2.24) is 87.3 Å². The zero-order valence-electron chi connectivity index (χ0n) is 54.9. The highest BCUT2D eigenvalue weighted by Gasteiger charge is 2.22. The minimum atomic E-state index is -0.754. The maximum atomic E-state index is 13.5. The van der Waals surface area contributed by atoms with Gasteiger partial charge in [-0.1, -0.05) is 143 Å². The fraction of sp³-hybridized carbons (Fsp3) is 0.167. The molecule has 510 valence electrons. The third kappa shape index (κ3) is 15.3. The van der Waals surface area contributed by atoms with Crippen LogP contribution in [-0.2, 0) is 59.1 Å². The maximum Gasteiger partial charge on any atom is 0.338 e. The van der Waals surface area contributed by atoms with E-state index in [0.29, 0.717) is 50.4 Å². The number of hydrogen-bond acceptors (Lipinski definition) is 21. The second-order valence-corrected chi connectivity index (χ2v) is 23.8. The van der Waals surface area contributed by atoms with Crippen molar-refractivity contribution in [3.8, 4) is 18.0 Å². The number of hydrogen-bond donors (Lipinski definition) is 0. The van der Waals surface area contributed by atoms with Crippen LogP contribution in [0.25, 0.3) is 0 Å². The summed E-state index contributed by atoms with van der Waals surface area (Å²) in [6.45, 7) is 5.48. The van der Waals surface area contributed by atoms with Gasteiger partial charge < -0.3 is 14.2 Å². The fourth-order valence-corrected chi connectivity index (χ4v) is 11.0. The molecule has 0 saturated heterocycles. The third-order valence-electron chi connectivity index (χ3n) is 16.2. The van der Waals surface area contributed by atoms with E-state index in [-0.39, 0.29) is 90.9 Å². The molecule has 6 aromatic carbocycles. The fourth-order valence-electron chi connectivity index (χ4n) is 11.0. The van der Waals surface area contributed by atoms with Gasteiger partial charge in [-0.3, -0.25) is 42.5 Å². The topological polar surface area (TPSA) is 342 Å². The lowest BCUT2D eigenvalue weighted by atomic mass is 10.1. The third-order valence-corrected chi connectivity index (χ3v) is 16.2. The van der Waals surface area contributed by atoms with Crippen molar-refractivity contribution < 1.29 is 28.6 Å². The molecule has 0 aliphatic heterocycles. The van der Waals surface area contributed by atoms with E-state index < -0.39 is 51.5 Å². The smallest absolute Gasteiger partial charge is 0.338 e. The van der Waals surface area contributed by atoms with E-state index in [1.807, 2.05) is 72.8 Å². The second kappa shape index (κ2) is 29.5. The Morgan fingerprint density at radius 2 is 0.549 bits per heavy atom. The average molecular weight is 1370 g/mol. The van der Waals surface area contributed by atoms with Crippen LogP contribution in [0.2, 0.25) is 0 Å². The molecule has 0 aliphatic carbocycles. The van der Waals surface area contributed by atoms with Crippen LogP contribution in [-0.4, -0.2) is 105 Å². The number of benzene rings is 6. The van der Waals surface area contributed by atoms with Crippen LogP contribution in [0.4, 0.5) is 0 Å². The first-order valence-electron chi connectivity index (χ1n) is 31.8. The molecule has 0 bridgehead atoms. The molecule has 0 amide bonds. The van der Waals surface area contributed by atoms with Crippen molar-refractivity contribution >= 4 is 17.7 Å². The average Bonchev–Trinajstić information content (AvgIpc) is 0.979. The minimum Gasteiger partial charge on any atom is -0.457 e. The Morgan fingerprint density at radius 3 is 0.794 bits per heavy atom. The summed E-state index contributed by atoms with van der Waals surface area (Å²) in [6, 6.07) is 46.1. The molecule has 30 nitrogen and oxygen atoms in total. The largest absolute Gasteiger partial charge is 0.457 e. The molecule has 0 spiro atoms. The summed E-state index contributed by atoms with van der Waals surface area (Å²) in [5.74, 6) is -2.13. The Kier molecular flexibility index (Phi) is 19.3. The minimum absolute atomic E-state index is 0.0996. The van der Waals surface area contributed by atoms with Crippen molar-refractivity contribution in [3.05, 3.63) is 347 Å². The van der Waals surface area contributed by atoms with Gasteiger partial charge in [0.25, 0.3) is 34.4 Å². The molecular weight excluding hydrogens is 1310 g/mol. The van der Waals surface area contributed by atoms with Gasteiger partial charge in [0.1, 0.15) is 36.9 Å². The SMILES string of the molecule is Cc1cn(Cc2ccc(Cn3cc(COc4nc(OCc5cn(Cc6ccc(Cn7cc(C)c(=O)n(C(=O)c8ccccc8)c7=O)cc6)nn5)nc(OCc5cn(Cc6ccc(Cn7cc(C)c(=O)n(C(=O)c8ccccc8)c7=O)cc6)nn5)n4)nn3)cc2)c(=O)n(C(=O)c2ccccc2)c1=O. The van der Waals surface area contributed by atoms with E-state index in [0.717, 1.165) is 33.4 Å². The Labute approximate surface area is 576 Å². The van der Waals surface area contributed by atoms with Crippen LogP contribution >= 0.6 is 0 Å². The van der Waals surface area contributed by atoms with Crippen LogP contribution in [0.3, 0.4) is 0 Å². The number of aryl methyl sites for hydroxylation is 3. The van der Waals surface area contributed by atoms with Gasteiger partial charge in [-0.2, -0.15) is 13.7 Å². The standard InChI is InChI=1S/C72H60N18O12/c1-46-31-82(70(97)88(61(46)91)64(94)55-13-7-4-8-14-55)34-49-19-25-52(26-20-49)37-85-40-58(76-79-85)43-100-67-73-68(101-44-59-41-86(80-77-59)38-53-27-21-50(22-28-53)35-83-32-47(2)62(92)89(71(83)98)65(95)56-15-9-5-10-16-56)75-69(74-67)102-45-60-42-87(81-78-60)39-54-29-23-51(24-30-54)36-84-33-48(3)63(93)90(72(84)99)66(96)57-17-11-6-12-18-57/h4-33,40-42H,34-39,43-45H2,1-3H3. The number of aromatic nitrogens is 18. The molecule has 7 aromatic heterocycles. The molecule has 0 unspecified atom stereocenters. The molecule has 0 atom stereocenters. The summed E-state index contributed by atoms with van der Waals surface area (Å²) in [5, 5.41) is 25.7. The Hall–Kier alpha value is -13.8. The molecule has 102 heavy (non-hydrogen) atoms. The number of carbonyl (C=O) groups is 3. The van der Waals surface area contributed by atoms with Gasteiger partial charge in [-0.15, -0.1) is 30.2 Å². The van der Waals surface area contributed by atoms with Crippen molar-refractivity contribution in [1.29, 1.82) is 0 Å². The van der Waals surface area contributed by atoms with Crippen molar-refractivity contribution in [3.63, 3.8) is 0 Å². The first-order valence-corrected chi connectivity index (χ1v) is 31.8. The second-order valence-electron chi connectivity index (χ2n) is 23.8. The normalized spacial score (nSPS) is 11.2. The van der Waals surface area contributed by atoms with Gasteiger partial charge >= 0.3 is 35.1 Å². The Bertz CT molecular complexity index is 5100. The molecule has 0 fully saturated rings. The summed E-state index contributed by atoms with van der Waals surface area (Å²) < 4.78 is 28.9. The Morgan fingerprint density at radius 1 is 0.314 bits per heavy atom. The van der Waals surface area contributed by atoms with Gasteiger partial charge in [0.2, 0.25) is 0 Å². The zero-order valence-corrected chi connectivity index (χ0v) is 54.9. The monoisotopic (exact) mass is 1370 g/mol. The van der Waals surface area contributed by atoms with Crippen molar-refractivity contribution in [2.75, 3.05) is 0 Å². The van der Waals surface area contributed by atoms with E-state index >= 15 is 0 Å². The molecule has 30 heteroatoms. The lowest BCUT2D eigenvalue weighted by Gasteiger charge is -2.11. The summed E-state index contributed by atoms with van der Waals surface area (Å²) >= 11 is 0. The summed E-state index contributed by atoms with van der Waals surface area (Å²) in [6.07, 6.45) is 9.38. The molecule has 0 saturated carbocycles. The summed E-state index contributed by atoms with van der Waals surface area (Å²) in [5.41, 5.74) is 3.08. The maximum absolute atomic E-state index is 13.5. The quantitative estimate of drug-likeness (QED) is 0.0795. The summed E-state index contributed by atoms with van der Waals surface area (Å²) in [7, 11) is 0. The van der Waals surface area contributed by atoms with Crippen LogP contribution < -0.4 is 48.0 Å².